The summed E-state index contributed by atoms with van der Waals surface area (Å²) in [6.45, 7) is 0. The molecule has 0 aliphatic carbocycles. The molecule has 0 fully saturated rings. The van der Waals surface area contributed by atoms with Gasteiger partial charge in [0.1, 0.15) is 11.9 Å². The van der Waals surface area contributed by atoms with Crippen molar-refractivity contribution in [2.45, 2.75) is 17.2 Å². The van der Waals surface area contributed by atoms with Gasteiger partial charge in [0.05, 0.1) is 18.7 Å². The van der Waals surface area contributed by atoms with Crippen LogP contribution >= 0.6 is 11.8 Å². The number of aliphatic hydroxyl groups excluding tert-OH is 1. The van der Waals surface area contributed by atoms with E-state index in [-0.39, 0.29) is 5.56 Å². The lowest BCUT2D eigenvalue weighted by Gasteiger charge is -2.15. The minimum absolute atomic E-state index is 0.195. The monoisotopic (exact) mass is 331 g/mol. The smallest absolute Gasteiger partial charge is 0.230 e. The predicted molar refractivity (Wildman–Crippen MR) is 84.9 cm³/mol. The number of methoxy groups -OCH3 is 1. The normalized spacial score (nSPS) is 13.0. The third-order valence-corrected chi connectivity index (χ3v) is 4.07. The van der Waals surface area contributed by atoms with E-state index in [1.807, 2.05) is 6.07 Å². The molecule has 0 heterocycles. The Morgan fingerprint density at radius 3 is 2.61 bits per heavy atom. The Bertz CT molecular complexity index is 727. The summed E-state index contributed by atoms with van der Waals surface area (Å²) in [6.07, 6.45) is -3.70. The molecule has 0 saturated carbocycles. The Labute approximate surface area is 137 Å². The van der Waals surface area contributed by atoms with Gasteiger partial charge in [-0.1, -0.05) is 12.1 Å². The summed E-state index contributed by atoms with van der Waals surface area (Å²) in [6, 6.07) is 14.4. The first-order chi connectivity index (χ1) is 11.0. The summed E-state index contributed by atoms with van der Waals surface area (Å²) >= 11 is 0.709. The van der Waals surface area contributed by atoms with Crippen LogP contribution in [0.25, 0.3) is 0 Å². The molecular weight excluding hydrogens is 317 g/mol. The number of benzene rings is 2. The third kappa shape index (κ3) is 4.31. The zero-order chi connectivity index (χ0) is 16.8. The summed E-state index contributed by atoms with van der Waals surface area (Å²) < 4.78 is 19.2. The first kappa shape index (κ1) is 17.0. The van der Waals surface area contributed by atoms with E-state index >= 15 is 0 Å². The van der Waals surface area contributed by atoms with Crippen LogP contribution in [0, 0.1) is 11.3 Å². The van der Waals surface area contributed by atoms with E-state index < -0.39 is 17.4 Å². The van der Waals surface area contributed by atoms with E-state index in [1.165, 1.54) is 31.4 Å². The van der Waals surface area contributed by atoms with Gasteiger partial charge in [-0.05, 0) is 53.7 Å². The highest BCUT2D eigenvalue weighted by molar-refractivity contribution is 8.13. The number of alkyl halides is 1. The van der Waals surface area contributed by atoms with Crippen LogP contribution in [0.1, 0.15) is 17.2 Å². The van der Waals surface area contributed by atoms with Gasteiger partial charge in [0, 0.05) is 4.90 Å². The van der Waals surface area contributed by atoms with Crippen molar-refractivity contribution in [3.63, 3.8) is 0 Å². The fourth-order valence-electron chi connectivity index (χ4n) is 1.91. The Balaban J connectivity index is 2.07. The molecule has 2 atom stereocenters. The number of hydrogen-bond donors (Lipinski definition) is 1. The molecule has 0 aliphatic rings. The largest absolute Gasteiger partial charge is 0.497 e. The lowest BCUT2D eigenvalue weighted by Crippen LogP contribution is -2.21. The first-order valence-corrected chi connectivity index (χ1v) is 7.54. The Kier molecular flexibility index (Phi) is 5.74. The molecule has 6 heteroatoms. The van der Waals surface area contributed by atoms with E-state index in [2.05, 4.69) is 0 Å². The van der Waals surface area contributed by atoms with Crippen LogP contribution < -0.4 is 4.74 Å². The molecule has 2 aromatic carbocycles. The van der Waals surface area contributed by atoms with Gasteiger partial charge in [-0.3, -0.25) is 4.79 Å². The SMILES string of the molecule is COc1ccc(SC(=O)[C@@H](F)[C@@H](O)c2cccc(C#N)c2)cc1. The topological polar surface area (TPSA) is 70.3 Å². The van der Waals surface area contributed by atoms with Gasteiger partial charge in [0.25, 0.3) is 0 Å². The zero-order valence-corrected chi connectivity index (χ0v) is 13.1. The molecule has 0 spiro atoms. The van der Waals surface area contributed by atoms with Crippen LogP contribution in [-0.4, -0.2) is 23.5 Å². The molecule has 0 amide bonds. The van der Waals surface area contributed by atoms with Crippen LogP contribution in [0.4, 0.5) is 4.39 Å². The standard InChI is InChI=1S/C17H14FNO3S/c1-22-13-5-7-14(8-6-13)23-17(21)15(18)16(20)12-4-2-3-11(9-12)10-19/h2-9,15-16,20H,1H3/t15-,16-/m0/s1. The van der Waals surface area contributed by atoms with Gasteiger partial charge in [0.15, 0.2) is 6.17 Å². The highest BCUT2D eigenvalue weighted by Crippen LogP contribution is 2.29. The first-order valence-electron chi connectivity index (χ1n) is 6.73. The van der Waals surface area contributed by atoms with Crippen molar-refractivity contribution in [1.29, 1.82) is 5.26 Å². The fourth-order valence-corrected chi connectivity index (χ4v) is 2.65. The van der Waals surface area contributed by atoms with Crippen molar-refractivity contribution in [1.82, 2.24) is 0 Å². The van der Waals surface area contributed by atoms with Crippen molar-refractivity contribution < 1.29 is 19.0 Å². The maximum atomic E-state index is 14.2. The molecule has 23 heavy (non-hydrogen) atoms. The number of halogens is 1. The zero-order valence-electron chi connectivity index (χ0n) is 12.3. The van der Waals surface area contributed by atoms with E-state index in [4.69, 9.17) is 10.00 Å². The summed E-state index contributed by atoms with van der Waals surface area (Å²) in [5.41, 5.74) is 0.490. The van der Waals surface area contributed by atoms with Crippen LogP contribution in [0.3, 0.4) is 0 Å². The molecule has 2 rings (SSSR count). The van der Waals surface area contributed by atoms with Gasteiger partial charge in [-0.2, -0.15) is 5.26 Å². The number of aliphatic hydroxyl groups is 1. The summed E-state index contributed by atoms with van der Waals surface area (Å²) in [4.78, 5) is 12.5. The second-order valence-electron chi connectivity index (χ2n) is 4.68. The van der Waals surface area contributed by atoms with Gasteiger partial charge in [0.2, 0.25) is 5.12 Å². The molecule has 0 bridgehead atoms. The third-order valence-electron chi connectivity index (χ3n) is 3.14. The van der Waals surface area contributed by atoms with Crippen LogP contribution in [0.2, 0.25) is 0 Å². The quantitative estimate of drug-likeness (QED) is 0.852. The average molecular weight is 331 g/mol. The Morgan fingerprint density at radius 1 is 1.30 bits per heavy atom. The average Bonchev–Trinajstić information content (AvgIpc) is 2.61. The number of carbonyl (C=O) groups excluding carboxylic acids is 1. The molecule has 0 unspecified atom stereocenters. The highest BCUT2D eigenvalue weighted by atomic mass is 32.2. The van der Waals surface area contributed by atoms with Crippen molar-refractivity contribution in [3.05, 3.63) is 59.7 Å². The molecule has 2 aromatic rings. The minimum Gasteiger partial charge on any atom is -0.497 e. The molecular formula is C17H14FNO3S. The summed E-state index contributed by atoms with van der Waals surface area (Å²) in [5.74, 6) is 0.631. The maximum absolute atomic E-state index is 14.2. The Morgan fingerprint density at radius 2 is 2.00 bits per heavy atom. The van der Waals surface area contributed by atoms with Gasteiger partial charge in [-0.15, -0.1) is 0 Å². The highest BCUT2D eigenvalue weighted by Gasteiger charge is 2.28. The molecule has 0 aliphatic heterocycles. The van der Waals surface area contributed by atoms with E-state index in [0.717, 1.165) is 0 Å². The van der Waals surface area contributed by atoms with Crippen LogP contribution in [0.5, 0.6) is 5.75 Å². The van der Waals surface area contributed by atoms with Gasteiger partial charge < -0.3 is 9.84 Å². The second kappa shape index (κ2) is 7.77. The van der Waals surface area contributed by atoms with E-state index in [9.17, 15) is 14.3 Å². The Hall–Kier alpha value is -2.36. The number of rotatable bonds is 5. The number of carbonyl (C=O) groups is 1. The molecule has 0 aromatic heterocycles. The number of nitrogens with zero attached hydrogens (tertiary/aromatic N) is 1. The van der Waals surface area contributed by atoms with Gasteiger partial charge >= 0.3 is 0 Å². The molecule has 4 nitrogen and oxygen atoms in total. The van der Waals surface area contributed by atoms with Gasteiger partial charge in [-0.25, -0.2) is 4.39 Å². The summed E-state index contributed by atoms with van der Waals surface area (Å²) in [7, 11) is 1.52. The van der Waals surface area contributed by atoms with Crippen LogP contribution in [0.15, 0.2) is 53.4 Å². The molecule has 1 N–H and O–H groups in total. The number of thioether (sulfide) groups is 1. The number of ether oxygens (including phenoxy) is 1. The van der Waals surface area contributed by atoms with Crippen molar-refractivity contribution >= 4 is 16.9 Å². The lowest BCUT2D eigenvalue weighted by molar-refractivity contribution is -0.119. The number of hydrogen-bond acceptors (Lipinski definition) is 5. The summed E-state index contributed by atoms with van der Waals surface area (Å²) in [5, 5.41) is 18.0. The minimum atomic E-state index is -2.09. The van der Waals surface area contributed by atoms with Crippen molar-refractivity contribution in [2.24, 2.45) is 0 Å². The van der Waals surface area contributed by atoms with Crippen molar-refractivity contribution in [2.75, 3.05) is 7.11 Å². The maximum Gasteiger partial charge on any atom is 0.230 e. The number of nitriles is 1. The molecule has 118 valence electrons. The van der Waals surface area contributed by atoms with E-state index in [1.54, 1.807) is 24.3 Å². The predicted octanol–water partition coefficient (Wildman–Crippen LogP) is 3.26. The second-order valence-corrected chi connectivity index (χ2v) is 5.76. The fraction of sp³-hybridized carbons (Fsp3) is 0.176. The lowest BCUT2D eigenvalue weighted by atomic mass is 10.0. The molecule has 0 saturated heterocycles. The van der Waals surface area contributed by atoms with Crippen molar-refractivity contribution in [3.8, 4) is 11.8 Å². The molecule has 0 radical (unpaired) electrons. The van der Waals surface area contributed by atoms with Crippen LogP contribution in [-0.2, 0) is 4.79 Å². The van der Waals surface area contributed by atoms with E-state index in [0.29, 0.717) is 28.0 Å².